The van der Waals surface area contributed by atoms with E-state index in [-0.39, 0.29) is 11.9 Å². The van der Waals surface area contributed by atoms with E-state index in [2.05, 4.69) is 6.42 Å². The van der Waals surface area contributed by atoms with Crippen LogP contribution in [0.2, 0.25) is 0 Å². The molecule has 1 heterocycles. The molecule has 0 saturated carbocycles. The second-order valence-electron chi connectivity index (χ2n) is 3.09. The third-order valence-electron chi connectivity index (χ3n) is 1.57. The van der Waals surface area contributed by atoms with Gasteiger partial charge in [-0.1, -0.05) is 6.92 Å². The molecule has 0 spiro atoms. The molecule has 1 radical (unpaired) electrons. The summed E-state index contributed by atoms with van der Waals surface area (Å²) in [5, 5.41) is 0. The Hall–Kier alpha value is -0.0800. The van der Waals surface area contributed by atoms with E-state index in [1.807, 2.05) is 20.8 Å². The molecule has 10 heavy (non-hydrogen) atoms. The van der Waals surface area contributed by atoms with Gasteiger partial charge < -0.3 is 9.47 Å². The van der Waals surface area contributed by atoms with E-state index in [9.17, 15) is 0 Å². The first-order valence-corrected chi connectivity index (χ1v) is 3.73. The Morgan fingerprint density at radius 2 is 2.30 bits per heavy atom. The third-order valence-corrected chi connectivity index (χ3v) is 1.57. The molecule has 0 aromatic carbocycles. The zero-order valence-corrected chi connectivity index (χ0v) is 6.89. The average molecular weight is 143 g/mol. The first-order chi connectivity index (χ1) is 4.64. The summed E-state index contributed by atoms with van der Waals surface area (Å²) in [7, 11) is 0. The van der Waals surface area contributed by atoms with Crippen LogP contribution in [0.3, 0.4) is 0 Å². The Balaban J connectivity index is 2.29. The Bertz CT molecular complexity index is 110. The molecular formula is C8H15O2. The lowest BCUT2D eigenvalue weighted by atomic mass is 10.2. The van der Waals surface area contributed by atoms with Crippen LogP contribution in [0.25, 0.3) is 0 Å². The van der Waals surface area contributed by atoms with Gasteiger partial charge in [0.15, 0.2) is 5.79 Å². The smallest absolute Gasteiger partial charge is 0.163 e. The van der Waals surface area contributed by atoms with Gasteiger partial charge in [0.2, 0.25) is 0 Å². The van der Waals surface area contributed by atoms with Gasteiger partial charge in [-0.15, -0.1) is 0 Å². The molecule has 1 fully saturated rings. The van der Waals surface area contributed by atoms with Crippen LogP contribution in [-0.4, -0.2) is 18.5 Å². The van der Waals surface area contributed by atoms with Crippen molar-refractivity contribution in [2.24, 2.45) is 0 Å². The van der Waals surface area contributed by atoms with E-state index >= 15 is 0 Å². The molecular weight excluding hydrogens is 128 g/mol. The van der Waals surface area contributed by atoms with Gasteiger partial charge in [0.25, 0.3) is 0 Å². The first-order valence-electron chi connectivity index (χ1n) is 3.73. The van der Waals surface area contributed by atoms with Crippen molar-refractivity contribution in [3.63, 3.8) is 0 Å². The van der Waals surface area contributed by atoms with Crippen LogP contribution in [0.5, 0.6) is 0 Å². The van der Waals surface area contributed by atoms with Gasteiger partial charge in [0.1, 0.15) is 0 Å². The number of rotatable bonds is 2. The molecule has 0 amide bonds. The van der Waals surface area contributed by atoms with Crippen LogP contribution in [0.15, 0.2) is 0 Å². The molecule has 2 heteroatoms. The van der Waals surface area contributed by atoms with Gasteiger partial charge in [-0.2, -0.15) is 0 Å². The van der Waals surface area contributed by atoms with Crippen molar-refractivity contribution < 1.29 is 9.47 Å². The molecule has 1 aliphatic rings. The summed E-state index contributed by atoms with van der Waals surface area (Å²) in [5.41, 5.74) is 0. The number of ether oxygens (including phenoxy) is 2. The fourth-order valence-corrected chi connectivity index (χ4v) is 1.14. The van der Waals surface area contributed by atoms with E-state index in [4.69, 9.17) is 9.47 Å². The maximum Gasteiger partial charge on any atom is 0.163 e. The van der Waals surface area contributed by atoms with E-state index in [1.54, 1.807) is 0 Å². The molecule has 1 aliphatic heterocycles. The van der Waals surface area contributed by atoms with Crippen LogP contribution in [-0.2, 0) is 9.47 Å². The highest BCUT2D eigenvalue weighted by molar-refractivity contribution is 4.74. The maximum atomic E-state index is 5.54. The summed E-state index contributed by atoms with van der Waals surface area (Å²) in [6.45, 7) is 6.66. The highest BCUT2D eigenvalue weighted by atomic mass is 16.7. The van der Waals surface area contributed by atoms with Gasteiger partial charge >= 0.3 is 0 Å². The van der Waals surface area contributed by atoms with Gasteiger partial charge in [-0.3, -0.25) is 0 Å². The molecule has 1 unspecified atom stereocenters. The minimum atomic E-state index is -0.353. The van der Waals surface area contributed by atoms with Crippen molar-refractivity contribution in [2.45, 2.75) is 39.1 Å². The Morgan fingerprint density at radius 1 is 1.60 bits per heavy atom. The van der Waals surface area contributed by atoms with E-state index < -0.39 is 0 Å². The van der Waals surface area contributed by atoms with E-state index in [0.717, 1.165) is 13.0 Å². The summed E-state index contributed by atoms with van der Waals surface area (Å²) in [4.78, 5) is 0. The summed E-state index contributed by atoms with van der Waals surface area (Å²) in [6.07, 6.45) is 3.37. The highest BCUT2D eigenvalue weighted by Crippen LogP contribution is 2.24. The SMILES string of the molecule is C[CH]CC1COC(C)(C)O1. The van der Waals surface area contributed by atoms with Crippen LogP contribution in [0.1, 0.15) is 27.2 Å². The molecule has 0 bridgehead atoms. The molecule has 0 aromatic heterocycles. The average Bonchev–Trinajstić information content (AvgIpc) is 2.12. The molecule has 1 atom stereocenters. The van der Waals surface area contributed by atoms with Crippen molar-refractivity contribution in [1.29, 1.82) is 0 Å². The standard InChI is InChI=1S/C8H15O2/c1-4-5-7-6-9-8(2,3)10-7/h4,7H,5-6H2,1-3H3. The van der Waals surface area contributed by atoms with Crippen LogP contribution in [0, 0.1) is 6.42 Å². The predicted molar refractivity (Wildman–Crippen MR) is 39.5 cm³/mol. The normalized spacial score (nSPS) is 30.9. The Morgan fingerprint density at radius 3 is 2.70 bits per heavy atom. The second-order valence-corrected chi connectivity index (χ2v) is 3.09. The quantitative estimate of drug-likeness (QED) is 0.586. The molecule has 2 nitrogen and oxygen atoms in total. The lowest BCUT2D eigenvalue weighted by Gasteiger charge is -2.16. The zero-order valence-electron chi connectivity index (χ0n) is 6.89. The summed E-state index contributed by atoms with van der Waals surface area (Å²) in [6, 6.07) is 0. The zero-order chi connectivity index (χ0) is 7.61. The van der Waals surface area contributed by atoms with E-state index in [0.29, 0.717) is 0 Å². The van der Waals surface area contributed by atoms with Gasteiger partial charge in [-0.25, -0.2) is 0 Å². The lowest BCUT2D eigenvalue weighted by molar-refractivity contribution is -0.138. The summed E-state index contributed by atoms with van der Waals surface area (Å²) >= 11 is 0. The predicted octanol–water partition coefficient (Wildman–Crippen LogP) is 1.75. The van der Waals surface area contributed by atoms with Crippen molar-refractivity contribution in [1.82, 2.24) is 0 Å². The first kappa shape index (κ1) is 8.02. The fraction of sp³-hybridized carbons (Fsp3) is 0.875. The molecule has 0 N–H and O–H groups in total. The minimum absolute atomic E-state index is 0.278. The van der Waals surface area contributed by atoms with Crippen molar-refractivity contribution in [2.75, 3.05) is 6.61 Å². The van der Waals surface area contributed by atoms with Crippen LogP contribution < -0.4 is 0 Å². The van der Waals surface area contributed by atoms with Crippen LogP contribution in [0.4, 0.5) is 0 Å². The third kappa shape index (κ3) is 1.96. The topological polar surface area (TPSA) is 18.5 Å². The number of hydrogen-bond donors (Lipinski definition) is 0. The monoisotopic (exact) mass is 143 g/mol. The van der Waals surface area contributed by atoms with Crippen molar-refractivity contribution in [3.8, 4) is 0 Å². The minimum Gasteiger partial charge on any atom is -0.348 e. The molecule has 1 saturated heterocycles. The second kappa shape index (κ2) is 2.89. The van der Waals surface area contributed by atoms with Gasteiger partial charge in [0, 0.05) is 0 Å². The molecule has 59 valence electrons. The fourth-order valence-electron chi connectivity index (χ4n) is 1.14. The summed E-state index contributed by atoms with van der Waals surface area (Å²) in [5.74, 6) is -0.353. The van der Waals surface area contributed by atoms with Gasteiger partial charge in [-0.05, 0) is 26.7 Å². The van der Waals surface area contributed by atoms with Crippen molar-refractivity contribution in [3.05, 3.63) is 6.42 Å². The molecule has 0 aliphatic carbocycles. The maximum absolute atomic E-state index is 5.54. The summed E-state index contributed by atoms with van der Waals surface area (Å²) < 4.78 is 10.9. The van der Waals surface area contributed by atoms with Gasteiger partial charge in [0.05, 0.1) is 12.7 Å². The van der Waals surface area contributed by atoms with Crippen LogP contribution >= 0.6 is 0 Å². The number of hydrogen-bond acceptors (Lipinski definition) is 2. The molecule has 0 aromatic rings. The Labute approximate surface area is 62.5 Å². The highest BCUT2D eigenvalue weighted by Gasteiger charge is 2.31. The lowest BCUT2D eigenvalue weighted by Crippen LogP contribution is -2.21. The van der Waals surface area contributed by atoms with E-state index in [1.165, 1.54) is 0 Å². The largest absolute Gasteiger partial charge is 0.348 e. The molecule has 1 rings (SSSR count). The van der Waals surface area contributed by atoms with Crippen molar-refractivity contribution >= 4 is 0 Å². The Kier molecular flexibility index (Phi) is 2.32.